The van der Waals surface area contributed by atoms with Crippen LogP contribution < -0.4 is 0 Å². The molecular formula is C10H11Cl2O4P. The Morgan fingerprint density at radius 3 is 2.65 bits per heavy atom. The molecule has 0 saturated heterocycles. The molecule has 0 aliphatic carbocycles. The van der Waals surface area contributed by atoms with E-state index in [0.29, 0.717) is 5.02 Å². The molecule has 0 spiro atoms. The second-order valence-electron chi connectivity index (χ2n) is 3.26. The van der Waals surface area contributed by atoms with Crippen molar-refractivity contribution in [2.75, 3.05) is 12.8 Å². The molecule has 4 nitrogen and oxygen atoms in total. The van der Waals surface area contributed by atoms with E-state index in [1.165, 1.54) is 18.2 Å². The molecule has 0 saturated carbocycles. The van der Waals surface area contributed by atoms with Crippen molar-refractivity contribution in [3.63, 3.8) is 0 Å². The molecule has 1 atom stereocenters. The summed E-state index contributed by atoms with van der Waals surface area (Å²) in [5, 5.41) is 0.544. The third kappa shape index (κ3) is 4.41. The van der Waals surface area contributed by atoms with Gasteiger partial charge in [0, 0.05) is 10.6 Å². The van der Waals surface area contributed by atoms with E-state index in [9.17, 15) is 14.3 Å². The molecule has 0 heterocycles. The van der Waals surface area contributed by atoms with E-state index in [4.69, 9.17) is 23.2 Å². The summed E-state index contributed by atoms with van der Waals surface area (Å²) in [6, 6.07) is 4.31. The highest BCUT2D eigenvalue weighted by Crippen LogP contribution is 2.42. The Bertz CT molecular complexity index is 475. The predicted molar refractivity (Wildman–Crippen MR) is 67.1 cm³/mol. The summed E-state index contributed by atoms with van der Waals surface area (Å²) in [7, 11) is -3.89. The minimum absolute atomic E-state index is 0.0649. The highest BCUT2D eigenvalue weighted by Gasteiger charge is 2.25. The summed E-state index contributed by atoms with van der Waals surface area (Å²) in [6.07, 6.45) is -0.595. The quantitative estimate of drug-likeness (QED) is 0.668. The van der Waals surface area contributed by atoms with Crippen molar-refractivity contribution in [2.45, 2.75) is 6.92 Å². The third-order valence-electron chi connectivity index (χ3n) is 1.91. The lowest BCUT2D eigenvalue weighted by molar-refractivity contribution is 0.101. The van der Waals surface area contributed by atoms with Gasteiger partial charge in [-0.15, -0.1) is 0 Å². The van der Waals surface area contributed by atoms with Crippen molar-refractivity contribution in [2.24, 2.45) is 0 Å². The molecule has 0 fully saturated rings. The Hall–Kier alpha value is -0.380. The lowest BCUT2D eigenvalue weighted by Gasteiger charge is -2.10. The van der Waals surface area contributed by atoms with Gasteiger partial charge in [0.2, 0.25) is 0 Å². The third-order valence-corrected chi connectivity index (χ3v) is 3.80. The number of Topliss-reactive ketones (excluding diaryl/α,β-unsaturated/α-hetero) is 1. The van der Waals surface area contributed by atoms with E-state index in [-0.39, 0.29) is 17.2 Å². The number of halogens is 2. The maximum atomic E-state index is 11.7. The van der Waals surface area contributed by atoms with Crippen LogP contribution >= 0.6 is 30.8 Å². The first-order valence-electron chi connectivity index (χ1n) is 4.80. The molecule has 17 heavy (non-hydrogen) atoms. The Kier molecular flexibility index (Phi) is 5.17. The fraction of sp³-hybridized carbons (Fsp3) is 0.300. The van der Waals surface area contributed by atoms with Crippen LogP contribution in [0.25, 0.3) is 0 Å². The fourth-order valence-corrected chi connectivity index (χ4v) is 2.77. The maximum absolute atomic E-state index is 11.7. The average Bonchev–Trinajstić information content (AvgIpc) is 2.15. The number of carbonyl (C=O) groups excluding carboxylic acids is 1. The first-order chi connectivity index (χ1) is 7.85. The molecule has 1 unspecified atom stereocenters. The second kappa shape index (κ2) is 5.98. The number of carbonyl (C=O) groups is 1. The molecule has 0 amide bonds. The number of ketones is 1. The highest BCUT2D eigenvalue weighted by molar-refractivity contribution is 7.53. The summed E-state index contributed by atoms with van der Waals surface area (Å²) >= 11 is 11.5. The summed E-state index contributed by atoms with van der Waals surface area (Å²) in [4.78, 5) is 21.1. The van der Waals surface area contributed by atoms with Gasteiger partial charge in [0.15, 0.2) is 5.78 Å². The van der Waals surface area contributed by atoms with Crippen molar-refractivity contribution in [1.82, 2.24) is 0 Å². The Balaban J connectivity index is 2.87. The number of hydrogen-bond donors (Lipinski definition) is 1. The molecule has 0 radical (unpaired) electrons. The molecule has 1 aromatic rings. The van der Waals surface area contributed by atoms with Gasteiger partial charge in [0.1, 0.15) is 6.16 Å². The zero-order chi connectivity index (χ0) is 13.1. The van der Waals surface area contributed by atoms with Crippen LogP contribution in [0.4, 0.5) is 0 Å². The molecule has 94 valence electrons. The van der Waals surface area contributed by atoms with Gasteiger partial charge >= 0.3 is 7.60 Å². The number of rotatable bonds is 5. The van der Waals surface area contributed by atoms with Gasteiger partial charge in [-0.3, -0.25) is 9.36 Å². The maximum Gasteiger partial charge on any atom is 0.335 e. The van der Waals surface area contributed by atoms with Gasteiger partial charge in [-0.2, -0.15) is 0 Å². The largest absolute Gasteiger partial charge is 0.335 e. The Morgan fingerprint density at radius 2 is 2.12 bits per heavy atom. The van der Waals surface area contributed by atoms with E-state index in [1.54, 1.807) is 6.92 Å². The van der Waals surface area contributed by atoms with Crippen LogP contribution in [0.15, 0.2) is 18.2 Å². The zero-order valence-electron chi connectivity index (χ0n) is 9.02. The topological polar surface area (TPSA) is 63.6 Å². The van der Waals surface area contributed by atoms with Crippen LogP contribution in [0, 0.1) is 0 Å². The van der Waals surface area contributed by atoms with Gasteiger partial charge in [0.25, 0.3) is 0 Å². The normalized spacial score (nSPS) is 14.4. The summed E-state index contributed by atoms with van der Waals surface area (Å²) in [5.41, 5.74) is 0.157. The number of hydrogen-bond acceptors (Lipinski definition) is 3. The SMILES string of the molecule is CCOP(=O)(O)CC(=O)c1ccc(Cl)cc1Cl. The minimum atomic E-state index is -3.89. The first kappa shape index (κ1) is 14.7. The van der Waals surface area contributed by atoms with E-state index in [0.717, 1.165) is 0 Å². The number of benzene rings is 1. The lowest BCUT2D eigenvalue weighted by Crippen LogP contribution is -2.08. The highest BCUT2D eigenvalue weighted by atomic mass is 35.5. The van der Waals surface area contributed by atoms with Crippen molar-refractivity contribution in [3.8, 4) is 0 Å². The van der Waals surface area contributed by atoms with Crippen LogP contribution in [-0.4, -0.2) is 23.4 Å². The van der Waals surface area contributed by atoms with Crippen molar-refractivity contribution in [1.29, 1.82) is 0 Å². The molecule has 0 bridgehead atoms. The Labute approximate surface area is 109 Å². The van der Waals surface area contributed by atoms with E-state index in [1.807, 2.05) is 0 Å². The molecule has 0 aromatic heterocycles. The standard InChI is InChI=1S/C10H11Cl2O4P/c1-2-16-17(14,15)6-10(13)8-4-3-7(11)5-9(8)12/h3-5H,2,6H2,1H3,(H,14,15). The molecular weight excluding hydrogens is 286 g/mol. The zero-order valence-corrected chi connectivity index (χ0v) is 11.4. The van der Waals surface area contributed by atoms with Crippen LogP contribution in [0.3, 0.4) is 0 Å². The smallest absolute Gasteiger partial charge is 0.324 e. The van der Waals surface area contributed by atoms with Crippen LogP contribution in [0.2, 0.25) is 10.0 Å². The monoisotopic (exact) mass is 296 g/mol. The molecule has 0 aliphatic heterocycles. The van der Waals surface area contributed by atoms with E-state index in [2.05, 4.69) is 4.52 Å². The van der Waals surface area contributed by atoms with Crippen LogP contribution in [-0.2, 0) is 9.09 Å². The summed E-state index contributed by atoms with van der Waals surface area (Å²) < 4.78 is 16.0. The fourth-order valence-electron chi connectivity index (χ4n) is 1.23. The average molecular weight is 297 g/mol. The summed E-state index contributed by atoms with van der Waals surface area (Å²) in [5.74, 6) is -0.550. The van der Waals surface area contributed by atoms with Gasteiger partial charge in [-0.1, -0.05) is 23.2 Å². The Morgan fingerprint density at radius 1 is 1.47 bits per heavy atom. The minimum Gasteiger partial charge on any atom is -0.324 e. The summed E-state index contributed by atoms with van der Waals surface area (Å²) in [6.45, 7) is 1.64. The van der Waals surface area contributed by atoms with Crippen molar-refractivity contribution in [3.05, 3.63) is 33.8 Å². The van der Waals surface area contributed by atoms with E-state index < -0.39 is 19.5 Å². The molecule has 1 rings (SSSR count). The molecule has 7 heteroatoms. The molecule has 1 aromatic carbocycles. The first-order valence-corrected chi connectivity index (χ1v) is 7.32. The van der Waals surface area contributed by atoms with Gasteiger partial charge < -0.3 is 9.42 Å². The van der Waals surface area contributed by atoms with E-state index >= 15 is 0 Å². The second-order valence-corrected chi connectivity index (χ2v) is 5.95. The van der Waals surface area contributed by atoms with Gasteiger partial charge in [-0.05, 0) is 25.1 Å². The van der Waals surface area contributed by atoms with Gasteiger partial charge in [0.05, 0.1) is 11.6 Å². The molecule has 0 aliphatic rings. The van der Waals surface area contributed by atoms with Crippen LogP contribution in [0.1, 0.15) is 17.3 Å². The van der Waals surface area contributed by atoms with Crippen LogP contribution in [0.5, 0.6) is 0 Å². The van der Waals surface area contributed by atoms with Gasteiger partial charge in [-0.25, -0.2) is 0 Å². The predicted octanol–water partition coefficient (Wildman–Crippen LogP) is 3.40. The van der Waals surface area contributed by atoms with Crippen molar-refractivity contribution < 1.29 is 18.8 Å². The molecule has 1 N–H and O–H groups in total. The van der Waals surface area contributed by atoms with Crippen molar-refractivity contribution >= 4 is 36.6 Å². The lowest BCUT2D eigenvalue weighted by atomic mass is 10.1.